The van der Waals surface area contributed by atoms with E-state index in [0.717, 1.165) is 25.1 Å². The maximum Gasteiger partial charge on any atom is 0.251 e. The minimum absolute atomic E-state index is 0.634. The van der Waals surface area contributed by atoms with E-state index in [1.54, 1.807) is 6.20 Å². The molecule has 0 saturated heterocycles. The van der Waals surface area contributed by atoms with Crippen LogP contribution in [0.25, 0.3) is 0 Å². The predicted octanol–water partition coefficient (Wildman–Crippen LogP) is 3.87. The summed E-state index contributed by atoms with van der Waals surface area (Å²) >= 11 is 0. The summed E-state index contributed by atoms with van der Waals surface area (Å²) in [6, 6.07) is 16.7. The van der Waals surface area contributed by atoms with Gasteiger partial charge >= 0.3 is 0 Å². The minimum Gasteiger partial charge on any atom is -0.339 e. The fraction of sp³-hybridized carbons (Fsp3) is 0.211. The molecule has 24 heavy (non-hydrogen) atoms. The van der Waals surface area contributed by atoms with Crippen molar-refractivity contribution in [2.24, 2.45) is 0 Å². The van der Waals surface area contributed by atoms with Crippen LogP contribution in [0.1, 0.15) is 18.1 Å². The van der Waals surface area contributed by atoms with Crippen LogP contribution in [-0.2, 0) is 12.8 Å². The number of benzene rings is 2. The van der Waals surface area contributed by atoms with Gasteiger partial charge in [0.1, 0.15) is 0 Å². The van der Waals surface area contributed by atoms with E-state index in [1.807, 2.05) is 6.07 Å². The van der Waals surface area contributed by atoms with Gasteiger partial charge in [-0.3, -0.25) is 0 Å². The van der Waals surface area contributed by atoms with Gasteiger partial charge in [0, 0.05) is 17.9 Å². The quantitative estimate of drug-likeness (QED) is 0.791. The molecule has 5 nitrogen and oxygen atoms in total. The summed E-state index contributed by atoms with van der Waals surface area (Å²) in [5.74, 6) is 1.34. The van der Waals surface area contributed by atoms with Crippen molar-refractivity contribution >= 4 is 23.1 Å². The van der Waals surface area contributed by atoms with Crippen LogP contribution >= 0.6 is 0 Å². The van der Waals surface area contributed by atoms with Crippen LogP contribution in [0.3, 0.4) is 0 Å². The van der Waals surface area contributed by atoms with Crippen molar-refractivity contribution in [1.82, 2.24) is 15.2 Å². The number of hydrogen-bond acceptors (Lipinski definition) is 5. The van der Waals surface area contributed by atoms with Crippen LogP contribution in [0.2, 0.25) is 0 Å². The van der Waals surface area contributed by atoms with Gasteiger partial charge in [-0.05, 0) is 42.2 Å². The summed E-state index contributed by atoms with van der Waals surface area (Å²) in [7, 11) is 0. The Morgan fingerprint density at radius 1 is 1.08 bits per heavy atom. The molecular weight excluding hydrogens is 298 g/mol. The van der Waals surface area contributed by atoms with Crippen molar-refractivity contribution < 1.29 is 0 Å². The second-order valence-corrected chi connectivity index (χ2v) is 5.85. The van der Waals surface area contributed by atoms with Gasteiger partial charge in [0.05, 0.1) is 6.20 Å². The highest BCUT2D eigenvalue weighted by atomic mass is 15.3. The smallest absolute Gasteiger partial charge is 0.251 e. The molecule has 120 valence electrons. The van der Waals surface area contributed by atoms with E-state index in [9.17, 15) is 0 Å². The van der Waals surface area contributed by atoms with Crippen LogP contribution in [0.4, 0.5) is 23.1 Å². The topological polar surface area (TPSA) is 53.9 Å². The number of para-hydroxylation sites is 1. The number of aromatic nitrogens is 3. The fourth-order valence-corrected chi connectivity index (χ4v) is 2.99. The van der Waals surface area contributed by atoms with Gasteiger partial charge in [-0.2, -0.15) is 10.1 Å². The molecule has 5 heteroatoms. The Morgan fingerprint density at radius 3 is 2.75 bits per heavy atom. The maximum absolute atomic E-state index is 4.63. The number of rotatable bonds is 4. The molecule has 0 bridgehead atoms. The van der Waals surface area contributed by atoms with Crippen molar-refractivity contribution in [3.8, 4) is 0 Å². The highest BCUT2D eigenvalue weighted by molar-refractivity contribution is 5.66. The van der Waals surface area contributed by atoms with Crippen molar-refractivity contribution in [3.05, 3.63) is 65.9 Å². The van der Waals surface area contributed by atoms with Gasteiger partial charge in [0.25, 0.3) is 5.95 Å². The molecule has 1 N–H and O–H groups in total. The lowest BCUT2D eigenvalue weighted by Gasteiger charge is -2.17. The maximum atomic E-state index is 4.63. The number of nitrogens with one attached hydrogen (secondary N) is 1. The Labute approximate surface area is 141 Å². The van der Waals surface area contributed by atoms with E-state index in [1.165, 1.54) is 16.8 Å². The van der Waals surface area contributed by atoms with Crippen molar-refractivity contribution in [3.63, 3.8) is 0 Å². The number of fused-ring (bicyclic) bond motifs is 1. The van der Waals surface area contributed by atoms with Crippen LogP contribution in [0.15, 0.2) is 54.7 Å². The Morgan fingerprint density at radius 2 is 1.92 bits per heavy atom. The standard InChI is InChI=1S/C19H19N5/c1-2-14-7-9-16(10-8-14)21-18-13-20-23-19(22-18)24-12-11-15-5-3-4-6-17(15)24/h3-10,13H,2,11-12H2,1H3,(H,21,22,23). The van der Waals surface area contributed by atoms with E-state index in [2.05, 4.69) is 74.8 Å². The molecule has 0 unspecified atom stereocenters. The summed E-state index contributed by atoms with van der Waals surface area (Å²) in [6.45, 7) is 3.03. The van der Waals surface area contributed by atoms with Crippen LogP contribution in [0, 0.1) is 0 Å². The average Bonchev–Trinajstić information content (AvgIpc) is 3.07. The van der Waals surface area contributed by atoms with E-state index < -0.39 is 0 Å². The second kappa shape index (κ2) is 6.28. The van der Waals surface area contributed by atoms with Crippen LogP contribution in [-0.4, -0.2) is 21.7 Å². The summed E-state index contributed by atoms with van der Waals surface area (Å²) in [4.78, 5) is 6.75. The largest absolute Gasteiger partial charge is 0.339 e. The molecule has 2 heterocycles. The molecule has 1 aliphatic rings. The van der Waals surface area contributed by atoms with Gasteiger partial charge in [-0.25, -0.2) is 0 Å². The molecule has 1 aromatic heterocycles. The molecular formula is C19H19N5. The van der Waals surface area contributed by atoms with Gasteiger partial charge in [0.15, 0.2) is 5.82 Å². The Bertz CT molecular complexity index is 844. The summed E-state index contributed by atoms with van der Waals surface area (Å²) in [6.07, 6.45) is 3.70. The fourth-order valence-electron chi connectivity index (χ4n) is 2.99. The number of hydrogen-bond donors (Lipinski definition) is 1. The van der Waals surface area contributed by atoms with Crippen molar-refractivity contribution in [2.75, 3.05) is 16.8 Å². The number of nitrogens with zero attached hydrogens (tertiary/aromatic N) is 4. The van der Waals surface area contributed by atoms with Crippen LogP contribution < -0.4 is 10.2 Å². The second-order valence-electron chi connectivity index (χ2n) is 5.85. The zero-order valence-corrected chi connectivity index (χ0v) is 13.6. The Hall–Kier alpha value is -2.95. The zero-order chi connectivity index (χ0) is 16.4. The van der Waals surface area contributed by atoms with Crippen molar-refractivity contribution in [2.45, 2.75) is 19.8 Å². The molecule has 0 saturated carbocycles. The first-order valence-electron chi connectivity index (χ1n) is 8.24. The van der Waals surface area contributed by atoms with Gasteiger partial charge in [-0.15, -0.1) is 5.10 Å². The SMILES string of the molecule is CCc1ccc(Nc2cnnc(N3CCc4ccccc43)n2)cc1. The lowest BCUT2D eigenvalue weighted by molar-refractivity contribution is 0.887. The van der Waals surface area contributed by atoms with Crippen LogP contribution in [0.5, 0.6) is 0 Å². The van der Waals surface area contributed by atoms with E-state index in [4.69, 9.17) is 0 Å². The molecule has 2 aromatic carbocycles. The third kappa shape index (κ3) is 2.80. The number of aryl methyl sites for hydroxylation is 1. The third-order valence-corrected chi connectivity index (χ3v) is 4.31. The molecule has 0 aliphatic carbocycles. The predicted molar refractivity (Wildman–Crippen MR) is 96.1 cm³/mol. The highest BCUT2D eigenvalue weighted by Crippen LogP contribution is 2.32. The molecule has 0 atom stereocenters. The molecule has 1 aliphatic heterocycles. The van der Waals surface area contributed by atoms with Crippen molar-refractivity contribution in [1.29, 1.82) is 0 Å². The molecule has 0 fully saturated rings. The molecule has 4 rings (SSSR count). The molecule has 0 radical (unpaired) electrons. The summed E-state index contributed by atoms with van der Waals surface area (Å²) in [5.41, 5.74) is 4.81. The molecule has 0 amide bonds. The first-order valence-corrected chi connectivity index (χ1v) is 8.24. The number of anilines is 4. The Kier molecular flexibility index (Phi) is 3.83. The van der Waals surface area contributed by atoms with Gasteiger partial charge < -0.3 is 10.2 Å². The normalized spacial score (nSPS) is 13.0. The first-order chi connectivity index (χ1) is 11.8. The van der Waals surface area contributed by atoms with Gasteiger partial charge in [0.2, 0.25) is 0 Å². The lowest BCUT2D eigenvalue weighted by atomic mass is 10.1. The molecule has 3 aromatic rings. The van der Waals surface area contributed by atoms with E-state index in [-0.39, 0.29) is 0 Å². The summed E-state index contributed by atoms with van der Waals surface area (Å²) in [5, 5.41) is 11.6. The zero-order valence-electron chi connectivity index (χ0n) is 13.6. The van der Waals surface area contributed by atoms with E-state index in [0.29, 0.717) is 11.8 Å². The monoisotopic (exact) mass is 317 g/mol. The summed E-state index contributed by atoms with van der Waals surface area (Å²) < 4.78 is 0. The van der Waals surface area contributed by atoms with Gasteiger partial charge in [-0.1, -0.05) is 37.3 Å². The average molecular weight is 317 g/mol. The van der Waals surface area contributed by atoms with E-state index >= 15 is 0 Å². The first kappa shape index (κ1) is 14.6. The molecule has 0 spiro atoms. The lowest BCUT2D eigenvalue weighted by Crippen LogP contribution is -2.17. The highest BCUT2D eigenvalue weighted by Gasteiger charge is 2.22. The Balaban J connectivity index is 1.58. The minimum atomic E-state index is 0.634. The third-order valence-electron chi connectivity index (χ3n) is 4.31.